The molecule has 1 unspecified atom stereocenters. The third-order valence-corrected chi connectivity index (χ3v) is 3.02. The maximum atomic E-state index is 12.3. The number of ether oxygens (including phenoxy) is 1. The van der Waals surface area contributed by atoms with Crippen LogP contribution in [0.5, 0.6) is 0 Å². The van der Waals surface area contributed by atoms with Crippen molar-refractivity contribution in [2.45, 2.75) is 46.1 Å². The monoisotopic (exact) mass is 255 g/mol. The molecular weight excluding hydrogens is 230 g/mol. The predicted octanol–water partition coefficient (Wildman–Crippen LogP) is 1.37. The van der Waals surface area contributed by atoms with Gasteiger partial charge in [-0.25, -0.2) is 4.99 Å². The molecule has 0 aromatic carbocycles. The van der Waals surface area contributed by atoms with Crippen LogP contribution in [-0.4, -0.2) is 42.1 Å². The predicted molar refractivity (Wildman–Crippen MR) is 72.3 cm³/mol. The van der Waals surface area contributed by atoms with Crippen molar-refractivity contribution in [3.63, 3.8) is 0 Å². The van der Waals surface area contributed by atoms with E-state index in [0.29, 0.717) is 31.6 Å². The number of guanidine groups is 1. The fraction of sp³-hybridized carbons (Fsp3) is 0.846. The second kappa shape index (κ2) is 6.18. The number of carbonyl (C=O) groups is 1. The first kappa shape index (κ1) is 15.0. The van der Waals surface area contributed by atoms with Gasteiger partial charge in [-0.1, -0.05) is 13.8 Å². The number of carbonyl (C=O) groups excluding carboxylic acids is 1. The number of nitrogens with two attached hydrogens (primary N) is 1. The second-order valence-electron chi connectivity index (χ2n) is 5.35. The molecular formula is C13H25N3O2. The van der Waals surface area contributed by atoms with Crippen LogP contribution in [-0.2, 0) is 9.53 Å². The summed E-state index contributed by atoms with van der Waals surface area (Å²) >= 11 is 0. The van der Waals surface area contributed by atoms with Gasteiger partial charge in [-0.15, -0.1) is 0 Å². The van der Waals surface area contributed by atoms with E-state index in [1.165, 1.54) is 0 Å². The minimum absolute atomic E-state index is 0.0187. The number of aliphatic imine (C=N–C) groups is 1. The number of rotatable bonds is 7. The third-order valence-electron chi connectivity index (χ3n) is 3.02. The molecule has 0 saturated heterocycles. The van der Waals surface area contributed by atoms with Gasteiger partial charge >= 0.3 is 0 Å². The first-order valence-electron chi connectivity index (χ1n) is 6.65. The normalized spacial score (nSPS) is 23.9. The lowest BCUT2D eigenvalue weighted by molar-refractivity contribution is -0.131. The molecule has 0 fully saturated rings. The van der Waals surface area contributed by atoms with Gasteiger partial charge in [0, 0.05) is 19.8 Å². The highest BCUT2D eigenvalue weighted by Gasteiger charge is 2.43. The van der Waals surface area contributed by atoms with Gasteiger partial charge in [0.05, 0.1) is 0 Å². The molecule has 0 radical (unpaired) electrons. The Morgan fingerprint density at radius 3 is 2.72 bits per heavy atom. The van der Waals surface area contributed by atoms with Gasteiger partial charge in [-0.2, -0.15) is 0 Å². The van der Waals surface area contributed by atoms with Crippen LogP contribution in [0.2, 0.25) is 0 Å². The molecule has 0 bridgehead atoms. The van der Waals surface area contributed by atoms with Gasteiger partial charge in [-0.05, 0) is 32.6 Å². The van der Waals surface area contributed by atoms with E-state index >= 15 is 0 Å². The highest BCUT2D eigenvalue weighted by Crippen LogP contribution is 2.28. The fourth-order valence-electron chi connectivity index (χ4n) is 2.37. The lowest BCUT2D eigenvalue weighted by Crippen LogP contribution is -2.44. The van der Waals surface area contributed by atoms with Crippen LogP contribution in [0.15, 0.2) is 4.99 Å². The van der Waals surface area contributed by atoms with Crippen molar-refractivity contribution in [2.75, 3.05) is 19.8 Å². The van der Waals surface area contributed by atoms with Gasteiger partial charge in [0.1, 0.15) is 5.54 Å². The average molecular weight is 255 g/mol. The zero-order chi connectivity index (χ0) is 13.8. The molecule has 1 heterocycles. The Bertz CT molecular complexity index is 328. The van der Waals surface area contributed by atoms with Crippen molar-refractivity contribution >= 4 is 11.9 Å². The summed E-state index contributed by atoms with van der Waals surface area (Å²) in [7, 11) is 0. The van der Waals surface area contributed by atoms with E-state index < -0.39 is 5.54 Å². The molecule has 1 atom stereocenters. The van der Waals surface area contributed by atoms with Crippen molar-refractivity contribution < 1.29 is 9.53 Å². The van der Waals surface area contributed by atoms with Gasteiger partial charge < -0.3 is 10.5 Å². The molecule has 1 rings (SSSR count). The fourth-order valence-corrected chi connectivity index (χ4v) is 2.37. The summed E-state index contributed by atoms with van der Waals surface area (Å²) in [6.07, 6.45) is 1.52. The van der Waals surface area contributed by atoms with E-state index in [2.05, 4.69) is 18.8 Å². The summed E-state index contributed by atoms with van der Waals surface area (Å²) in [5.41, 5.74) is 5.17. The molecule has 18 heavy (non-hydrogen) atoms. The molecule has 0 aromatic rings. The summed E-state index contributed by atoms with van der Waals surface area (Å²) in [6, 6.07) is 0. The van der Waals surface area contributed by atoms with Gasteiger partial charge in [0.15, 0.2) is 5.96 Å². The summed E-state index contributed by atoms with van der Waals surface area (Å²) < 4.78 is 5.26. The SMILES string of the molecule is CCOCCCN1C(=O)C(C)(CC(C)C)N=C1N. The van der Waals surface area contributed by atoms with Gasteiger partial charge in [0.2, 0.25) is 0 Å². The number of hydrogen-bond acceptors (Lipinski definition) is 4. The number of nitrogens with zero attached hydrogens (tertiary/aromatic N) is 2. The molecule has 5 nitrogen and oxygen atoms in total. The quantitative estimate of drug-likeness (QED) is 0.699. The van der Waals surface area contributed by atoms with Gasteiger partial charge in [0.25, 0.3) is 5.91 Å². The topological polar surface area (TPSA) is 67.9 Å². The van der Waals surface area contributed by atoms with E-state index in [1.807, 2.05) is 13.8 Å². The van der Waals surface area contributed by atoms with Gasteiger partial charge in [-0.3, -0.25) is 9.69 Å². The first-order valence-corrected chi connectivity index (χ1v) is 6.65. The molecule has 0 saturated carbocycles. The zero-order valence-electron chi connectivity index (χ0n) is 11.9. The highest BCUT2D eigenvalue weighted by molar-refractivity contribution is 6.06. The smallest absolute Gasteiger partial charge is 0.257 e. The summed E-state index contributed by atoms with van der Waals surface area (Å²) in [5, 5.41) is 0. The Labute approximate surface area is 109 Å². The van der Waals surface area contributed by atoms with E-state index in [4.69, 9.17) is 10.5 Å². The van der Waals surface area contributed by atoms with E-state index in [9.17, 15) is 4.79 Å². The maximum absolute atomic E-state index is 12.3. The van der Waals surface area contributed by atoms with Crippen LogP contribution in [0, 0.1) is 5.92 Å². The first-order chi connectivity index (χ1) is 8.40. The summed E-state index contributed by atoms with van der Waals surface area (Å²) in [6.45, 7) is 9.92. The van der Waals surface area contributed by atoms with Crippen LogP contribution >= 0.6 is 0 Å². The Morgan fingerprint density at radius 1 is 1.50 bits per heavy atom. The molecule has 0 spiro atoms. The Hall–Kier alpha value is -1.10. The molecule has 1 aliphatic heterocycles. The van der Waals surface area contributed by atoms with E-state index in [1.54, 1.807) is 4.90 Å². The van der Waals surface area contributed by atoms with Crippen molar-refractivity contribution in [2.24, 2.45) is 16.6 Å². The van der Waals surface area contributed by atoms with Crippen LogP contribution < -0.4 is 5.73 Å². The highest BCUT2D eigenvalue weighted by atomic mass is 16.5. The van der Waals surface area contributed by atoms with Crippen molar-refractivity contribution in [1.29, 1.82) is 0 Å². The summed E-state index contributed by atoms with van der Waals surface area (Å²) in [5.74, 6) is 0.781. The van der Waals surface area contributed by atoms with Crippen molar-refractivity contribution in [3.8, 4) is 0 Å². The van der Waals surface area contributed by atoms with Crippen LogP contribution in [0.3, 0.4) is 0 Å². The molecule has 0 aromatic heterocycles. The van der Waals surface area contributed by atoms with Crippen LogP contribution in [0.25, 0.3) is 0 Å². The summed E-state index contributed by atoms with van der Waals surface area (Å²) in [4.78, 5) is 18.3. The van der Waals surface area contributed by atoms with Crippen LogP contribution in [0.1, 0.15) is 40.5 Å². The second-order valence-corrected chi connectivity index (χ2v) is 5.35. The van der Waals surface area contributed by atoms with E-state index in [0.717, 1.165) is 12.8 Å². The minimum Gasteiger partial charge on any atom is -0.382 e. The van der Waals surface area contributed by atoms with Crippen LogP contribution in [0.4, 0.5) is 0 Å². The minimum atomic E-state index is -0.677. The lowest BCUT2D eigenvalue weighted by Gasteiger charge is -2.23. The molecule has 1 amide bonds. The van der Waals surface area contributed by atoms with E-state index in [-0.39, 0.29) is 5.91 Å². The van der Waals surface area contributed by atoms with Crippen molar-refractivity contribution in [3.05, 3.63) is 0 Å². The molecule has 0 aliphatic carbocycles. The third kappa shape index (κ3) is 3.45. The lowest BCUT2D eigenvalue weighted by atomic mass is 9.91. The Balaban J connectivity index is 2.58. The largest absolute Gasteiger partial charge is 0.382 e. The standard InChI is InChI=1S/C13H25N3O2/c1-5-18-8-6-7-16-11(17)13(4,9-10(2)3)15-12(16)14/h10H,5-9H2,1-4H3,(H2,14,15). The maximum Gasteiger partial charge on any atom is 0.257 e. The Kier molecular flexibility index (Phi) is 5.14. The number of hydrogen-bond donors (Lipinski definition) is 1. The zero-order valence-corrected chi connectivity index (χ0v) is 11.9. The number of amides is 1. The molecule has 5 heteroatoms. The van der Waals surface area contributed by atoms with Crippen molar-refractivity contribution in [1.82, 2.24) is 4.90 Å². The average Bonchev–Trinajstić information content (AvgIpc) is 2.45. The Morgan fingerprint density at radius 2 is 2.17 bits per heavy atom. The molecule has 2 N–H and O–H groups in total. The molecule has 104 valence electrons. The molecule has 1 aliphatic rings.